The molecule has 2 aliphatic rings. The molecule has 0 spiro atoms. The Hall–Kier alpha value is -3.94. The molecule has 1 saturated heterocycles. The molecule has 4 aromatic rings. The molecule has 0 radical (unpaired) electrons. The van der Waals surface area contributed by atoms with Gasteiger partial charge in [-0.2, -0.15) is 10.1 Å². The Morgan fingerprint density at radius 3 is 2.82 bits per heavy atom. The maximum Gasteiger partial charge on any atom is 0.272 e. The van der Waals surface area contributed by atoms with E-state index in [9.17, 15) is 4.79 Å². The summed E-state index contributed by atoms with van der Waals surface area (Å²) in [6.07, 6.45) is 2.49. The molecule has 2 aromatic heterocycles. The van der Waals surface area contributed by atoms with Gasteiger partial charge in [0.15, 0.2) is 0 Å². The number of benzene rings is 2. The van der Waals surface area contributed by atoms with E-state index in [-0.39, 0.29) is 12.0 Å². The molecule has 166 valence electrons. The quantitative estimate of drug-likeness (QED) is 0.517. The number of carbonyl (C=O) groups excluding carboxylic acids is 1. The summed E-state index contributed by atoms with van der Waals surface area (Å²) in [5, 5.41) is 11.4. The highest BCUT2D eigenvalue weighted by Gasteiger charge is 2.32. The molecule has 6 rings (SSSR count). The minimum absolute atomic E-state index is 0.00273. The summed E-state index contributed by atoms with van der Waals surface area (Å²) in [6.45, 7) is 2.97. The number of likely N-dealkylation sites (tertiary alicyclic amines) is 1. The number of ether oxygens (including phenoxy) is 1. The molecule has 8 heteroatoms. The first kappa shape index (κ1) is 19.7. The molecule has 1 fully saturated rings. The number of aromatic nitrogens is 4. The molecule has 0 saturated carbocycles. The number of fused-ring (bicyclic) bond motifs is 3. The van der Waals surface area contributed by atoms with Crippen molar-refractivity contribution in [1.29, 1.82) is 0 Å². The van der Waals surface area contributed by atoms with Crippen LogP contribution in [0.5, 0.6) is 5.75 Å². The number of aromatic amines is 1. The molecule has 33 heavy (non-hydrogen) atoms. The van der Waals surface area contributed by atoms with Gasteiger partial charge in [-0.1, -0.05) is 29.4 Å². The summed E-state index contributed by atoms with van der Waals surface area (Å²) in [4.78, 5) is 19.4. The van der Waals surface area contributed by atoms with Crippen molar-refractivity contribution in [2.24, 2.45) is 0 Å². The van der Waals surface area contributed by atoms with Crippen LogP contribution in [0.3, 0.4) is 0 Å². The van der Waals surface area contributed by atoms with Crippen LogP contribution in [0, 0.1) is 6.92 Å². The van der Waals surface area contributed by atoms with Crippen LogP contribution in [0.2, 0.25) is 0 Å². The predicted molar refractivity (Wildman–Crippen MR) is 121 cm³/mol. The van der Waals surface area contributed by atoms with Crippen molar-refractivity contribution in [1.82, 2.24) is 25.2 Å². The Bertz CT molecular complexity index is 1320. The fraction of sp³-hybridized carbons (Fsp3) is 0.280. The number of hydrogen-bond acceptors (Lipinski definition) is 6. The molecule has 3 heterocycles. The van der Waals surface area contributed by atoms with Gasteiger partial charge in [0.1, 0.15) is 17.5 Å². The molecule has 1 unspecified atom stereocenters. The number of rotatable bonds is 4. The fourth-order valence-corrected chi connectivity index (χ4v) is 4.70. The Morgan fingerprint density at radius 1 is 1.15 bits per heavy atom. The van der Waals surface area contributed by atoms with E-state index in [1.54, 1.807) is 6.92 Å². The molecule has 8 nitrogen and oxygen atoms in total. The molecule has 0 bridgehead atoms. The highest BCUT2D eigenvalue weighted by Crippen LogP contribution is 2.34. The Morgan fingerprint density at radius 2 is 2.00 bits per heavy atom. The van der Waals surface area contributed by atoms with E-state index in [1.165, 1.54) is 5.56 Å². The number of hydrogen-bond donors (Lipinski definition) is 1. The van der Waals surface area contributed by atoms with E-state index >= 15 is 0 Å². The van der Waals surface area contributed by atoms with Crippen LogP contribution in [0.25, 0.3) is 22.6 Å². The van der Waals surface area contributed by atoms with Crippen molar-refractivity contribution >= 4 is 5.91 Å². The van der Waals surface area contributed by atoms with Crippen molar-refractivity contribution < 1.29 is 14.1 Å². The third kappa shape index (κ3) is 3.57. The van der Waals surface area contributed by atoms with E-state index in [4.69, 9.17) is 9.26 Å². The van der Waals surface area contributed by atoms with Crippen LogP contribution in [-0.2, 0) is 12.8 Å². The van der Waals surface area contributed by atoms with Gasteiger partial charge < -0.3 is 14.2 Å². The van der Waals surface area contributed by atoms with Crippen molar-refractivity contribution in [3.05, 3.63) is 71.2 Å². The van der Waals surface area contributed by atoms with Gasteiger partial charge in [-0.05, 0) is 42.7 Å². The highest BCUT2D eigenvalue weighted by atomic mass is 16.5. The number of carbonyl (C=O) groups is 1. The second-order valence-corrected chi connectivity index (χ2v) is 8.52. The van der Waals surface area contributed by atoms with E-state index in [0.717, 1.165) is 47.4 Å². The van der Waals surface area contributed by atoms with Crippen LogP contribution < -0.4 is 4.74 Å². The van der Waals surface area contributed by atoms with Crippen molar-refractivity contribution in [3.63, 3.8) is 0 Å². The Labute approximate surface area is 190 Å². The van der Waals surface area contributed by atoms with Crippen LogP contribution >= 0.6 is 0 Å². The van der Waals surface area contributed by atoms with Crippen molar-refractivity contribution in [2.45, 2.75) is 32.3 Å². The van der Waals surface area contributed by atoms with Gasteiger partial charge in [0.2, 0.25) is 11.7 Å². The summed E-state index contributed by atoms with van der Waals surface area (Å²) in [7, 11) is 0. The molecule has 1 aliphatic carbocycles. The lowest BCUT2D eigenvalue weighted by atomic mass is 9.89. The SMILES string of the molecule is Cc1nc(-c2ccc(OC3CCN(C(=O)c4[nH]nc5c4CCc4ccccc4-5)C3)cc2)no1. The van der Waals surface area contributed by atoms with E-state index < -0.39 is 0 Å². The van der Waals surface area contributed by atoms with Gasteiger partial charge in [0.25, 0.3) is 5.91 Å². The number of amides is 1. The summed E-state index contributed by atoms with van der Waals surface area (Å²) >= 11 is 0. The van der Waals surface area contributed by atoms with Gasteiger partial charge >= 0.3 is 0 Å². The lowest BCUT2D eigenvalue weighted by Gasteiger charge is -2.19. The monoisotopic (exact) mass is 441 g/mol. The van der Waals surface area contributed by atoms with Gasteiger partial charge in [0, 0.05) is 36.6 Å². The fourth-order valence-electron chi connectivity index (χ4n) is 4.70. The first-order chi connectivity index (χ1) is 16.2. The molecule has 1 amide bonds. The van der Waals surface area contributed by atoms with Gasteiger partial charge in [-0.3, -0.25) is 9.89 Å². The van der Waals surface area contributed by atoms with Gasteiger partial charge in [-0.15, -0.1) is 0 Å². The zero-order valence-electron chi connectivity index (χ0n) is 18.2. The summed E-state index contributed by atoms with van der Waals surface area (Å²) in [6, 6.07) is 15.9. The topological polar surface area (TPSA) is 97.1 Å². The summed E-state index contributed by atoms with van der Waals surface area (Å²) < 4.78 is 11.2. The van der Waals surface area contributed by atoms with Crippen LogP contribution in [-0.4, -0.2) is 50.3 Å². The minimum Gasteiger partial charge on any atom is -0.489 e. The maximum absolute atomic E-state index is 13.3. The number of aryl methyl sites for hydroxylation is 2. The highest BCUT2D eigenvalue weighted by molar-refractivity contribution is 5.96. The van der Waals surface area contributed by atoms with Crippen LogP contribution in [0.15, 0.2) is 53.1 Å². The lowest BCUT2D eigenvalue weighted by molar-refractivity contribution is 0.0765. The van der Waals surface area contributed by atoms with Gasteiger partial charge in [0.05, 0.1) is 12.2 Å². The van der Waals surface area contributed by atoms with Gasteiger partial charge in [-0.25, -0.2) is 0 Å². The predicted octanol–water partition coefficient (Wildman–Crippen LogP) is 3.83. The first-order valence-electron chi connectivity index (χ1n) is 11.2. The zero-order valence-corrected chi connectivity index (χ0v) is 18.2. The summed E-state index contributed by atoms with van der Waals surface area (Å²) in [5.41, 5.74) is 5.81. The average Bonchev–Trinajstić information content (AvgIpc) is 3.59. The second kappa shape index (κ2) is 7.88. The number of nitrogens with one attached hydrogen (secondary N) is 1. The van der Waals surface area contributed by atoms with Crippen molar-refractivity contribution in [2.75, 3.05) is 13.1 Å². The Kier molecular flexibility index (Phi) is 4.71. The van der Waals surface area contributed by atoms with E-state index in [1.807, 2.05) is 41.3 Å². The zero-order chi connectivity index (χ0) is 22.4. The second-order valence-electron chi connectivity index (χ2n) is 8.52. The molecular weight excluding hydrogens is 418 g/mol. The molecule has 1 aliphatic heterocycles. The van der Waals surface area contributed by atoms with Crippen LogP contribution in [0.4, 0.5) is 0 Å². The largest absolute Gasteiger partial charge is 0.489 e. The van der Waals surface area contributed by atoms with E-state index in [2.05, 4.69) is 32.5 Å². The standard InChI is InChI=1S/C25H23N5O3/c1-15-26-24(29-33-15)17-6-9-18(10-7-17)32-19-12-13-30(14-19)25(31)23-21-11-8-16-4-2-3-5-20(16)22(21)27-28-23/h2-7,9-10,19H,8,11-14H2,1H3,(H,27,28). The molecular formula is C25H23N5O3. The third-order valence-corrected chi connectivity index (χ3v) is 6.37. The third-order valence-electron chi connectivity index (χ3n) is 6.37. The molecule has 1 N–H and O–H groups in total. The normalized spacial score (nSPS) is 17.0. The maximum atomic E-state index is 13.3. The Balaban J connectivity index is 1.13. The number of H-pyrrole nitrogens is 1. The summed E-state index contributed by atoms with van der Waals surface area (Å²) in [5.74, 6) is 1.84. The minimum atomic E-state index is -0.0494. The average molecular weight is 441 g/mol. The number of nitrogens with zero attached hydrogens (tertiary/aromatic N) is 4. The van der Waals surface area contributed by atoms with Crippen LogP contribution in [0.1, 0.15) is 33.9 Å². The van der Waals surface area contributed by atoms with E-state index in [0.29, 0.717) is 30.5 Å². The van der Waals surface area contributed by atoms with Crippen molar-refractivity contribution in [3.8, 4) is 28.4 Å². The smallest absolute Gasteiger partial charge is 0.272 e. The first-order valence-corrected chi connectivity index (χ1v) is 11.2. The lowest BCUT2D eigenvalue weighted by Crippen LogP contribution is -2.32. The molecule has 2 aromatic carbocycles. The molecule has 1 atom stereocenters.